The third-order valence-electron chi connectivity index (χ3n) is 3.55. The summed E-state index contributed by atoms with van der Waals surface area (Å²) in [5.74, 6) is 0. The van der Waals surface area contributed by atoms with Gasteiger partial charge in [-0.05, 0) is 31.4 Å². The molecule has 1 saturated carbocycles. The molecule has 1 aliphatic rings. The Morgan fingerprint density at radius 1 is 1.33 bits per heavy atom. The maximum atomic E-state index is 11.9. The van der Waals surface area contributed by atoms with Crippen molar-refractivity contribution in [3.8, 4) is 0 Å². The molecule has 0 saturated heterocycles. The molecule has 0 amide bonds. The summed E-state index contributed by atoms with van der Waals surface area (Å²) in [6.45, 7) is 1.89. The first-order valence-electron chi connectivity index (χ1n) is 6.41. The van der Waals surface area contributed by atoms with Crippen molar-refractivity contribution in [2.45, 2.75) is 38.6 Å². The highest BCUT2D eigenvalue weighted by Gasteiger charge is 2.17. The molecule has 0 radical (unpaired) electrons. The molecule has 0 aliphatic heterocycles. The Hall–Kier alpha value is -1.84. The summed E-state index contributed by atoms with van der Waals surface area (Å²) in [7, 11) is 0. The van der Waals surface area contributed by atoms with E-state index < -0.39 is 0 Å². The van der Waals surface area contributed by atoms with Gasteiger partial charge in [-0.15, -0.1) is 0 Å². The first-order chi connectivity index (χ1) is 8.74. The molecule has 4 nitrogen and oxygen atoms in total. The zero-order chi connectivity index (χ0) is 12.5. The molecule has 1 aliphatic carbocycles. The lowest BCUT2D eigenvalue weighted by molar-refractivity contribution is 0.506. The Kier molecular flexibility index (Phi) is 2.78. The summed E-state index contributed by atoms with van der Waals surface area (Å²) >= 11 is 0. The molecule has 94 valence electrons. The Labute approximate surface area is 105 Å². The van der Waals surface area contributed by atoms with Gasteiger partial charge in [-0.1, -0.05) is 25.0 Å². The number of nitrogens with one attached hydrogen (secondary N) is 1. The Morgan fingerprint density at radius 2 is 2.11 bits per heavy atom. The molecule has 2 aromatic rings. The van der Waals surface area contributed by atoms with Crippen molar-refractivity contribution in [2.75, 3.05) is 5.32 Å². The summed E-state index contributed by atoms with van der Waals surface area (Å²) < 4.78 is 5.26. The highest BCUT2D eigenvalue weighted by Crippen LogP contribution is 2.22. The minimum absolute atomic E-state index is 0.307. The quantitative estimate of drug-likeness (QED) is 0.882. The number of nitrogens with zero attached hydrogens (tertiary/aromatic N) is 1. The predicted octanol–water partition coefficient (Wildman–Crippen LogP) is 2.85. The van der Waals surface area contributed by atoms with E-state index in [1.807, 2.05) is 25.1 Å². The maximum absolute atomic E-state index is 11.9. The van der Waals surface area contributed by atoms with E-state index in [9.17, 15) is 4.79 Å². The average molecular weight is 244 g/mol. The van der Waals surface area contributed by atoms with Gasteiger partial charge in [0.25, 0.3) is 6.01 Å². The van der Waals surface area contributed by atoms with Gasteiger partial charge in [0.2, 0.25) is 0 Å². The van der Waals surface area contributed by atoms with Crippen LogP contribution in [0.3, 0.4) is 0 Å². The predicted molar refractivity (Wildman–Crippen MR) is 70.9 cm³/mol. The van der Waals surface area contributed by atoms with Crippen LogP contribution < -0.4 is 10.9 Å². The largest absolute Gasteiger partial charge is 0.389 e. The van der Waals surface area contributed by atoms with Crippen molar-refractivity contribution < 1.29 is 4.42 Å². The van der Waals surface area contributed by atoms with Crippen molar-refractivity contribution in [3.63, 3.8) is 0 Å². The first kappa shape index (κ1) is 11.3. The van der Waals surface area contributed by atoms with Crippen LogP contribution in [0.4, 0.5) is 6.01 Å². The average Bonchev–Trinajstić information content (AvgIpc) is 2.81. The number of fused-ring (bicyclic) bond motifs is 1. The van der Waals surface area contributed by atoms with Gasteiger partial charge in [-0.3, -0.25) is 0 Å². The molecule has 1 aromatic carbocycles. The van der Waals surface area contributed by atoms with Gasteiger partial charge in [-0.25, -0.2) is 4.79 Å². The molecule has 1 fully saturated rings. The Balaban J connectivity index is 2.02. The standard InChI is InChI=1S/C14H16N2O2/c1-9-5-4-8-11-12(9)13(17)18-14(16-11)15-10-6-2-3-7-10/h4-5,8,10H,2-3,6-7H2,1H3,(H,15,16). The lowest BCUT2D eigenvalue weighted by atomic mass is 10.1. The second-order valence-corrected chi connectivity index (χ2v) is 4.90. The molecule has 0 unspecified atom stereocenters. The zero-order valence-corrected chi connectivity index (χ0v) is 10.4. The Morgan fingerprint density at radius 3 is 2.89 bits per heavy atom. The molecule has 1 N–H and O–H groups in total. The highest BCUT2D eigenvalue weighted by molar-refractivity contribution is 5.81. The van der Waals surface area contributed by atoms with Crippen molar-refractivity contribution in [3.05, 3.63) is 34.2 Å². The Bertz CT molecular complexity index is 627. The van der Waals surface area contributed by atoms with Crippen molar-refractivity contribution >= 4 is 16.9 Å². The lowest BCUT2D eigenvalue weighted by Crippen LogP contribution is -2.17. The van der Waals surface area contributed by atoms with Gasteiger partial charge < -0.3 is 9.73 Å². The number of benzene rings is 1. The fourth-order valence-corrected chi connectivity index (χ4v) is 2.59. The zero-order valence-electron chi connectivity index (χ0n) is 10.4. The maximum Gasteiger partial charge on any atom is 0.348 e. The summed E-state index contributed by atoms with van der Waals surface area (Å²) in [5, 5.41) is 3.79. The van der Waals surface area contributed by atoms with E-state index in [1.54, 1.807) is 0 Å². The molecule has 3 rings (SSSR count). The van der Waals surface area contributed by atoms with Crippen LogP contribution in [0.15, 0.2) is 27.4 Å². The van der Waals surface area contributed by atoms with Gasteiger partial charge in [0.15, 0.2) is 0 Å². The smallest absolute Gasteiger partial charge is 0.348 e. The summed E-state index contributed by atoms with van der Waals surface area (Å²) in [4.78, 5) is 16.3. The van der Waals surface area contributed by atoms with E-state index in [2.05, 4.69) is 10.3 Å². The normalized spacial score (nSPS) is 16.3. The number of aromatic nitrogens is 1. The van der Waals surface area contributed by atoms with E-state index in [0.29, 0.717) is 23.0 Å². The minimum Gasteiger partial charge on any atom is -0.389 e. The molecule has 0 atom stereocenters. The van der Waals surface area contributed by atoms with Crippen LogP contribution in [0.25, 0.3) is 10.9 Å². The van der Waals surface area contributed by atoms with E-state index >= 15 is 0 Å². The number of hydrogen-bond donors (Lipinski definition) is 1. The van der Waals surface area contributed by atoms with E-state index in [0.717, 1.165) is 18.4 Å². The van der Waals surface area contributed by atoms with Gasteiger partial charge in [0.1, 0.15) is 0 Å². The van der Waals surface area contributed by atoms with Gasteiger partial charge in [-0.2, -0.15) is 4.98 Å². The van der Waals surface area contributed by atoms with E-state index in [1.165, 1.54) is 12.8 Å². The SMILES string of the molecule is Cc1cccc2nc(NC3CCCC3)oc(=O)c12. The third-order valence-corrected chi connectivity index (χ3v) is 3.55. The van der Waals surface area contributed by atoms with Crippen LogP contribution in [-0.4, -0.2) is 11.0 Å². The highest BCUT2D eigenvalue weighted by atomic mass is 16.4. The third kappa shape index (κ3) is 1.98. The van der Waals surface area contributed by atoms with Crippen molar-refractivity contribution in [1.82, 2.24) is 4.98 Å². The molecule has 4 heteroatoms. The summed E-state index contributed by atoms with van der Waals surface area (Å²) in [6, 6.07) is 6.39. The molecular weight excluding hydrogens is 228 g/mol. The van der Waals surface area contributed by atoms with Gasteiger partial charge >= 0.3 is 5.63 Å². The van der Waals surface area contributed by atoms with E-state index in [4.69, 9.17) is 4.42 Å². The first-order valence-corrected chi connectivity index (χ1v) is 6.41. The molecule has 1 heterocycles. The minimum atomic E-state index is -0.307. The van der Waals surface area contributed by atoms with Crippen molar-refractivity contribution in [1.29, 1.82) is 0 Å². The second kappa shape index (κ2) is 4.44. The van der Waals surface area contributed by atoms with E-state index in [-0.39, 0.29) is 5.63 Å². The number of hydrogen-bond acceptors (Lipinski definition) is 4. The lowest BCUT2D eigenvalue weighted by Gasteiger charge is -2.11. The van der Waals surface area contributed by atoms with Crippen LogP contribution in [0, 0.1) is 6.92 Å². The molecule has 18 heavy (non-hydrogen) atoms. The fourth-order valence-electron chi connectivity index (χ4n) is 2.59. The second-order valence-electron chi connectivity index (χ2n) is 4.90. The van der Waals surface area contributed by atoms with Crippen LogP contribution >= 0.6 is 0 Å². The monoisotopic (exact) mass is 244 g/mol. The molecular formula is C14H16N2O2. The number of anilines is 1. The van der Waals surface area contributed by atoms with Crippen LogP contribution in [0.5, 0.6) is 0 Å². The molecule has 1 aromatic heterocycles. The van der Waals surface area contributed by atoms with Gasteiger partial charge in [0.05, 0.1) is 10.9 Å². The topological polar surface area (TPSA) is 55.1 Å². The van der Waals surface area contributed by atoms with Gasteiger partial charge in [0, 0.05) is 6.04 Å². The summed E-state index contributed by atoms with van der Waals surface area (Å²) in [5.41, 5.74) is 1.30. The number of aryl methyl sites for hydroxylation is 1. The van der Waals surface area contributed by atoms with Crippen molar-refractivity contribution in [2.24, 2.45) is 0 Å². The molecule has 0 bridgehead atoms. The van der Waals surface area contributed by atoms with Crippen LogP contribution in [-0.2, 0) is 0 Å². The van der Waals surface area contributed by atoms with Crippen LogP contribution in [0.2, 0.25) is 0 Å². The fraction of sp³-hybridized carbons (Fsp3) is 0.429. The number of rotatable bonds is 2. The summed E-state index contributed by atoms with van der Waals surface area (Å²) in [6.07, 6.45) is 4.71. The van der Waals surface area contributed by atoms with Crippen LogP contribution in [0.1, 0.15) is 31.2 Å². The molecule has 0 spiro atoms.